The van der Waals surface area contributed by atoms with Crippen molar-refractivity contribution in [2.24, 2.45) is 0 Å². The summed E-state index contributed by atoms with van der Waals surface area (Å²) in [5.74, 6) is -0.608. The zero-order valence-electron chi connectivity index (χ0n) is 17.0. The van der Waals surface area contributed by atoms with Crippen molar-refractivity contribution in [3.8, 4) is 5.69 Å². The van der Waals surface area contributed by atoms with E-state index in [9.17, 15) is 14.0 Å². The van der Waals surface area contributed by atoms with E-state index in [1.807, 2.05) is 25.1 Å². The summed E-state index contributed by atoms with van der Waals surface area (Å²) in [6.45, 7) is 1.92. The summed E-state index contributed by atoms with van der Waals surface area (Å²) >= 11 is 0. The average Bonchev–Trinajstić information content (AvgIpc) is 2.74. The van der Waals surface area contributed by atoms with E-state index in [0.29, 0.717) is 18.5 Å². The quantitative estimate of drug-likeness (QED) is 0.655. The van der Waals surface area contributed by atoms with Gasteiger partial charge in [-0.1, -0.05) is 12.1 Å². The van der Waals surface area contributed by atoms with Gasteiger partial charge in [0.05, 0.1) is 17.3 Å². The number of halogens is 1. The second-order valence-electron chi connectivity index (χ2n) is 7.68. The minimum atomic E-state index is -0.608. The molecule has 1 aliphatic carbocycles. The molecule has 9 heteroatoms. The summed E-state index contributed by atoms with van der Waals surface area (Å²) in [6, 6.07) is 8.53. The number of hydrogen-bond acceptors (Lipinski definition) is 5. The molecule has 1 fully saturated rings. The Morgan fingerprint density at radius 2 is 1.97 bits per heavy atom. The van der Waals surface area contributed by atoms with Crippen LogP contribution < -0.4 is 16.5 Å². The Labute approximate surface area is 173 Å². The SMILES string of the molecule is CO[B]NC1CCC(n2c(=O)c3cc(F)cnc3n(-c3cccc(C)c3)c2=O)CC1. The zero-order chi connectivity index (χ0) is 21.3. The molecule has 0 unspecified atom stereocenters. The van der Waals surface area contributed by atoms with E-state index in [1.54, 1.807) is 20.8 Å². The summed E-state index contributed by atoms with van der Waals surface area (Å²) in [5, 5.41) is 3.28. The third-order valence-corrected chi connectivity index (χ3v) is 5.63. The molecule has 1 aliphatic rings. The number of aryl methyl sites for hydroxylation is 1. The lowest BCUT2D eigenvalue weighted by molar-refractivity contribution is 0.292. The Bertz CT molecular complexity index is 1190. The third kappa shape index (κ3) is 3.82. The standard InChI is InChI=1S/C21H23BFN4O3/c1-13-4-3-5-17(10-13)26-19-18(11-14(23)12-24-19)20(28)27(21(26)29)16-8-6-15(7-9-16)25-22-30-2/h3-5,10-12,15-16,25H,6-9H2,1-2H3. The molecule has 0 atom stereocenters. The average molecular weight is 409 g/mol. The van der Waals surface area contributed by atoms with Gasteiger partial charge in [-0.2, -0.15) is 0 Å². The molecular weight excluding hydrogens is 386 g/mol. The van der Waals surface area contributed by atoms with Gasteiger partial charge in [-0.25, -0.2) is 18.7 Å². The van der Waals surface area contributed by atoms with Crippen LogP contribution in [0.15, 0.2) is 46.1 Å². The second-order valence-corrected chi connectivity index (χ2v) is 7.68. The molecule has 0 bridgehead atoms. The van der Waals surface area contributed by atoms with Crippen molar-refractivity contribution in [3.63, 3.8) is 0 Å². The van der Waals surface area contributed by atoms with E-state index in [-0.39, 0.29) is 23.1 Å². The van der Waals surface area contributed by atoms with Crippen LogP contribution in [0.5, 0.6) is 0 Å². The van der Waals surface area contributed by atoms with Crippen LogP contribution in [0.2, 0.25) is 0 Å². The predicted molar refractivity (Wildman–Crippen MR) is 113 cm³/mol. The fourth-order valence-corrected chi connectivity index (χ4v) is 4.17. The highest BCUT2D eigenvalue weighted by molar-refractivity contribution is 6.23. The summed E-state index contributed by atoms with van der Waals surface area (Å²) in [7, 11) is 3.13. The smallest absolute Gasteiger partial charge is 0.395 e. The molecule has 0 saturated heterocycles. The van der Waals surface area contributed by atoms with E-state index in [1.165, 1.54) is 9.13 Å². The Hall–Kier alpha value is -2.78. The van der Waals surface area contributed by atoms with Crippen LogP contribution in [0.25, 0.3) is 16.7 Å². The van der Waals surface area contributed by atoms with Crippen molar-refractivity contribution in [2.45, 2.75) is 44.7 Å². The maximum atomic E-state index is 13.9. The maximum absolute atomic E-state index is 13.9. The number of fused-ring (bicyclic) bond motifs is 1. The van der Waals surface area contributed by atoms with Gasteiger partial charge in [-0.05, 0) is 62.4 Å². The molecule has 0 amide bonds. The van der Waals surface area contributed by atoms with Crippen molar-refractivity contribution in [3.05, 3.63) is 68.7 Å². The topological polar surface area (TPSA) is 78.2 Å². The summed E-state index contributed by atoms with van der Waals surface area (Å²) in [5.41, 5.74) is 0.789. The van der Waals surface area contributed by atoms with Gasteiger partial charge in [0.1, 0.15) is 5.82 Å². The van der Waals surface area contributed by atoms with E-state index in [0.717, 1.165) is 30.7 Å². The molecule has 7 nitrogen and oxygen atoms in total. The van der Waals surface area contributed by atoms with Crippen molar-refractivity contribution in [2.75, 3.05) is 7.11 Å². The van der Waals surface area contributed by atoms with Crippen LogP contribution in [0.4, 0.5) is 4.39 Å². The highest BCUT2D eigenvalue weighted by atomic mass is 19.1. The van der Waals surface area contributed by atoms with Crippen LogP contribution in [0.1, 0.15) is 37.3 Å². The van der Waals surface area contributed by atoms with Crippen molar-refractivity contribution < 1.29 is 9.04 Å². The van der Waals surface area contributed by atoms with Gasteiger partial charge in [0, 0.05) is 13.2 Å². The Balaban J connectivity index is 1.85. The minimum absolute atomic E-state index is 0.101. The van der Waals surface area contributed by atoms with Gasteiger partial charge in [0.25, 0.3) is 5.56 Å². The number of hydrogen-bond donors (Lipinski definition) is 1. The number of aromatic nitrogens is 3. The molecular formula is C21H23BFN4O3. The second kappa shape index (κ2) is 8.53. The van der Waals surface area contributed by atoms with E-state index in [2.05, 4.69) is 10.2 Å². The first-order valence-electron chi connectivity index (χ1n) is 10.00. The Morgan fingerprint density at radius 3 is 2.67 bits per heavy atom. The lowest BCUT2D eigenvalue weighted by Gasteiger charge is -2.30. The number of nitrogens with one attached hydrogen (secondary N) is 1. The van der Waals surface area contributed by atoms with Crippen molar-refractivity contribution in [1.82, 2.24) is 19.3 Å². The van der Waals surface area contributed by atoms with Crippen LogP contribution in [0, 0.1) is 12.7 Å². The zero-order valence-corrected chi connectivity index (χ0v) is 17.0. The first kappa shape index (κ1) is 20.5. The summed E-state index contributed by atoms with van der Waals surface area (Å²) in [6.07, 6.45) is 3.93. The number of nitrogens with zero attached hydrogens (tertiary/aromatic N) is 3. The number of benzene rings is 1. The summed E-state index contributed by atoms with van der Waals surface area (Å²) in [4.78, 5) is 30.8. The molecule has 155 valence electrons. The summed E-state index contributed by atoms with van der Waals surface area (Å²) < 4.78 is 21.6. The highest BCUT2D eigenvalue weighted by Crippen LogP contribution is 2.27. The number of rotatable bonds is 5. The van der Waals surface area contributed by atoms with E-state index >= 15 is 0 Å². The van der Waals surface area contributed by atoms with Gasteiger partial charge in [0.15, 0.2) is 5.65 Å². The largest absolute Gasteiger partial charge is 0.427 e. The third-order valence-electron chi connectivity index (χ3n) is 5.63. The molecule has 30 heavy (non-hydrogen) atoms. The molecule has 0 aliphatic heterocycles. The van der Waals surface area contributed by atoms with Gasteiger partial charge < -0.3 is 9.88 Å². The predicted octanol–water partition coefficient (Wildman–Crippen LogP) is 2.25. The van der Waals surface area contributed by atoms with Gasteiger partial charge in [-0.15, -0.1) is 0 Å². The molecule has 1 saturated carbocycles. The number of pyridine rings is 1. The van der Waals surface area contributed by atoms with Gasteiger partial charge in [-0.3, -0.25) is 9.36 Å². The monoisotopic (exact) mass is 409 g/mol. The van der Waals surface area contributed by atoms with Crippen molar-refractivity contribution >= 4 is 18.7 Å². The first-order chi connectivity index (χ1) is 14.5. The van der Waals surface area contributed by atoms with Gasteiger partial charge in [0.2, 0.25) is 0 Å². The first-order valence-corrected chi connectivity index (χ1v) is 10.00. The highest BCUT2D eigenvalue weighted by Gasteiger charge is 2.27. The molecule has 2 aromatic heterocycles. The van der Waals surface area contributed by atoms with E-state index in [4.69, 9.17) is 4.65 Å². The molecule has 1 aromatic carbocycles. The molecule has 2 heterocycles. The van der Waals surface area contributed by atoms with Crippen LogP contribution in [-0.4, -0.2) is 34.9 Å². The van der Waals surface area contributed by atoms with Crippen LogP contribution in [-0.2, 0) is 4.65 Å². The van der Waals surface area contributed by atoms with Crippen molar-refractivity contribution in [1.29, 1.82) is 0 Å². The van der Waals surface area contributed by atoms with Crippen LogP contribution in [0.3, 0.4) is 0 Å². The Kier molecular flexibility index (Phi) is 5.83. The lowest BCUT2D eigenvalue weighted by atomic mass is 9.89. The maximum Gasteiger partial charge on any atom is 0.395 e. The van der Waals surface area contributed by atoms with E-state index < -0.39 is 17.1 Å². The molecule has 1 N–H and O–H groups in total. The van der Waals surface area contributed by atoms with Crippen LogP contribution >= 0.6 is 0 Å². The molecule has 0 spiro atoms. The molecule has 1 radical (unpaired) electrons. The van der Waals surface area contributed by atoms with Gasteiger partial charge >= 0.3 is 13.3 Å². The minimum Gasteiger partial charge on any atom is -0.427 e. The molecule has 4 rings (SSSR count). The fourth-order valence-electron chi connectivity index (χ4n) is 4.17. The fraction of sp³-hybridized carbons (Fsp3) is 0.381. The Morgan fingerprint density at radius 1 is 1.20 bits per heavy atom. The normalized spacial score (nSPS) is 19.2. The lowest BCUT2D eigenvalue weighted by Crippen LogP contribution is -2.45. The molecule has 3 aromatic rings.